The minimum Gasteiger partial charge on any atom is -0.379 e. The molecule has 0 aromatic carbocycles. The summed E-state index contributed by atoms with van der Waals surface area (Å²) in [7, 11) is 0. The smallest absolute Gasteiger partial charge is 0.263 e. The van der Waals surface area contributed by atoms with Crippen molar-refractivity contribution in [3.05, 3.63) is 16.6 Å². The lowest BCUT2D eigenvalue weighted by Crippen LogP contribution is -2.24. The third-order valence-corrected chi connectivity index (χ3v) is 3.06. The van der Waals surface area contributed by atoms with Crippen LogP contribution in [0.5, 0.6) is 0 Å². The Labute approximate surface area is 130 Å². The first-order valence-electron chi connectivity index (χ1n) is 7.59. The molecule has 0 aliphatic carbocycles. The topological polar surface area (TPSA) is 84.8 Å². The van der Waals surface area contributed by atoms with E-state index in [9.17, 15) is 4.79 Å². The van der Waals surface area contributed by atoms with Gasteiger partial charge in [-0.05, 0) is 26.7 Å². The van der Waals surface area contributed by atoms with Gasteiger partial charge in [0.1, 0.15) is 5.39 Å². The van der Waals surface area contributed by atoms with Gasteiger partial charge in [-0.1, -0.05) is 13.8 Å². The lowest BCUT2D eigenvalue weighted by Gasteiger charge is -2.19. The van der Waals surface area contributed by atoms with Crippen LogP contribution in [-0.2, 0) is 10.3 Å². The fraction of sp³-hybridized carbons (Fsp3) is 0.667. The number of hydrogen-bond acceptors (Lipinski definition) is 5. The monoisotopic (exact) mass is 307 g/mol. The maximum Gasteiger partial charge on any atom is 0.263 e. The van der Waals surface area contributed by atoms with Gasteiger partial charge in [0.05, 0.1) is 18.3 Å². The van der Waals surface area contributed by atoms with Gasteiger partial charge in [-0.2, -0.15) is 10.1 Å². The number of aromatic nitrogens is 4. The van der Waals surface area contributed by atoms with E-state index in [4.69, 9.17) is 4.74 Å². The van der Waals surface area contributed by atoms with E-state index in [0.29, 0.717) is 36.1 Å². The number of rotatable bonds is 6. The second kappa shape index (κ2) is 6.48. The standard InChI is InChI=1S/C15H25N5O2/c1-10(2)9-22-7-6-16-14-18-12-11(13(21)19-14)8-17-20(12)15(3,4)5/h8,10H,6-7,9H2,1-5H3,(H2,16,18,19,21). The summed E-state index contributed by atoms with van der Waals surface area (Å²) < 4.78 is 7.26. The first-order chi connectivity index (χ1) is 10.3. The third kappa shape index (κ3) is 3.85. The van der Waals surface area contributed by atoms with Crippen LogP contribution in [0.25, 0.3) is 11.0 Å². The normalized spacial score (nSPS) is 12.3. The SMILES string of the molecule is CC(C)COCCNc1nc2c(cnn2C(C)(C)C)c(=O)[nH]1. The van der Waals surface area contributed by atoms with E-state index in [-0.39, 0.29) is 11.1 Å². The van der Waals surface area contributed by atoms with Crippen LogP contribution in [0.15, 0.2) is 11.0 Å². The van der Waals surface area contributed by atoms with E-state index in [1.54, 1.807) is 10.9 Å². The number of anilines is 1. The van der Waals surface area contributed by atoms with Gasteiger partial charge >= 0.3 is 0 Å². The quantitative estimate of drug-likeness (QED) is 0.797. The molecule has 0 bridgehead atoms. The van der Waals surface area contributed by atoms with Crippen molar-refractivity contribution in [1.29, 1.82) is 0 Å². The number of nitrogens with zero attached hydrogens (tertiary/aromatic N) is 3. The molecular formula is C15H25N5O2. The summed E-state index contributed by atoms with van der Waals surface area (Å²) in [5.74, 6) is 0.951. The Balaban J connectivity index is 2.13. The van der Waals surface area contributed by atoms with Gasteiger partial charge in [0.15, 0.2) is 5.65 Å². The average Bonchev–Trinajstić information content (AvgIpc) is 2.82. The number of H-pyrrole nitrogens is 1. The van der Waals surface area contributed by atoms with E-state index in [0.717, 1.165) is 6.61 Å². The maximum absolute atomic E-state index is 12.1. The summed E-state index contributed by atoms with van der Waals surface area (Å²) in [5, 5.41) is 7.86. The third-order valence-electron chi connectivity index (χ3n) is 3.06. The van der Waals surface area contributed by atoms with E-state index in [1.165, 1.54) is 0 Å². The molecular weight excluding hydrogens is 282 g/mol. The Morgan fingerprint density at radius 2 is 2.14 bits per heavy atom. The molecule has 122 valence electrons. The Morgan fingerprint density at radius 1 is 1.41 bits per heavy atom. The zero-order chi connectivity index (χ0) is 16.3. The molecule has 0 fully saturated rings. The lowest BCUT2D eigenvalue weighted by atomic mass is 10.1. The number of fused-ring (bicyclic) bond motifs is 1. The molecule has 7 nitrogen and oxygen atoms in total. The maximum atomic E-state index is 12.1. The summed E-state index contributed by atoms with van der Waals surface area (Å²) >= 11 is 0. The molecule has 2 rings (SSSR count). The fourth-order valence-corrected chi connectivity index (χ4v) is 2.05. The molecule has 0 spiro atoms. The molecule has 0 saturated carbocycles. The number of nitrogens with one attached hydrogen (secondary N) is 2. The summed E-state index contributed by atoms with van der Waals surface area (Å²) in [6.07, 6.45) is 1.56. The predicted molar refractivity (Wildman–Crippen MR) is 87.3 cm³/mol. The molecule has 22 heavy (non-hydrogen) atoms. The van der Waals surface area contributed by atoms with Crippen LogP contribution in [0.3, 0.4) is 0 Å². The molecule has 0 unspecified atom stereocenters. The molecule has 0 aliphatic rings. The van der Waals surface area contributed by atoms with Crippen LogP contribution in [0, 0.1) is 5.92 Å². The summed E-state index contributed by atoms with van der Waals surface area (Å²) in [5.41, 5.74) is 0.160. The van der Waals surface area contributed by atoms with Crippen LogP contribution in [-0.4, -0.2) is 39.5 Å². The highest BCUT2D eigenvalue weighted by Gasteiger charge is 2.19. The van der Waals surface area contributed by atoms with Gasteiger partial charge in [-0.25, -0.2) is 4.68 Å². The molecule has 7 heteroatoms. The number of ether oxygens (including phenoxy) is 1. The molecule has 2 aromatic rings. The van der Waals surface area contributed by atoms with Crippen molar-refractivity contribution in [2.75, 3.05) is 25.1 Å². The molecule has 2 N–H and O–H groups in total. The van der Waals surface area contributed by atoms with Gasteiger partial charge in [0.25, 0.3) is 5.56 Å². The minimum absolute atomic E-state index is 0.189. The summed E-state index contributed by atoms with van der Waals surface area (Å²) in [6.45, 7) is 12.2. The molecule has 0 atom stereocenters. The highest BCUT2D eigenvalue weighted by atomic mass is 16.5. The van der Waals surface area contributed by atoms with Crippen LogP contribution < -0.4 is 10.9 Å². The number of aromatic amines is 1. The Bertz CT molecular complexity index is 681. The highest BCUT2D eigenvalue weighted by molar-refractivity contribution is 5.74. The predicted octanol–water partition coefficient (Wildman–Crippen LogP) is 1.96. The van der Waals surface area contributed by atoms with Gasteiger partial charge in [-0.15, -0.1) is 0 Å². The van der Waals surface area contributed by atoms with E-state index in [1.807, 2.05) is 20.8 Å². The van der Waals surface area contributed by atoms with Crippen LogP contribution in [0.2, 0.25) is 0 Å². The van der Waals surface area contributed by atoms with Crippen LogP contribution in [0.4, 0.5) is 5.95 Å². The molecule has 2 aromatic heterocycles. The fourth-order valence-electron chi connectivity index (χ4n) is 2.05. The van der Waals surface area contributed by atoms with E-state index < -0.39 is 0 Å². The van der Waals surface area contributed by atoms with Crippen molar-refractivity contribution in [3.8, 4) is 0 Å². The van der Waals surface area contributed by atoms with Gasteiger partial charge in [0, 0.05) is 13.2 Å². The van der Waals surface area contributed by atoms with Gasteiger partial charge < -0.3 is 10.1 Å². The lowest BCUT2D eigenvalue weighted by molar-refractivity contribution is 0.118. The Hall–Kier alpha value is -1.89. The average molecular weight is 307 g/mol. The van der Waals surface area contributed by atoms with Crippen molar-refractivity contribution in [2.45, 2.75) is 40.2 Å². The summed E-state index contributed by atoms with van der Waals surface area (Å²) in [4.78, 5) is 19.3. The van der Waals surface area contributed by atoms with Gasteiger partial charge in [0.2, 0.25) is 5.95 Å². The van der Waals surface area contributed by atoms with Crippen LogP contribution in [0.1, 0.15) is 34.6 Å². The van der Waals surface area contributed by atoms with Gasteiger partial charge in [-0.3, -0.25) is 9.78 Å². The molecule has 0 amide bonds. The van der Waals surface area contributed by atoms with Crippen molar-refractivity contribution in [3.63, 3.8) is 0 Å². The zero-order valence-electron chi connectivity index (χ0n) is 13.9. The molecule has 0 saturated heterocycles. The van der Waals surface area contributed by atoms with E-state index >= 15 is 0 Å². The Kier molecular flexibility index (Phi) is 4.85. The van der Waals surface area contributed by atoms with Crippen LogP contribution >= 0.6 is 0 Å². The molecule has 0 aliphatic heterocycles. The van der Waals surface area contributed by atoms with Crippen molar-refractivity contribution in [1.82, 2.24) is 19.7 Å². The highest BCUT2D eigenvalue weighted by Crippen LogP contribution is 2.18. The minimum atomic E-state index is -0.236. The first kappa shape index (κ1) is 16.5. The number of hydrogen-bond donors (Lipinski definition) is 2. The zero-order valence-corrected chi connectivity index (χ0v) is 13.9. The molecule has 0 radical (unpaired) electrons. The second-order valence-electron chi connectivity index (χ2n) is 6.77. The first-order valence-corrected chi connectivity index (χ1v) is 7.59. The molecule has 2 heterocycles. The Morgan fingerprint density at radius 3 is 2.77 bits per heavy atom. The van der Waals surface area contributed by atoms with E-state index in [2.05, 4.69) is 34.2 Å². The van der Waals surface area contributed by atoms with Crippen molar-refractivity contribution >= 4 is 17.0 Å². The van der Waals surface area contributed by atoms with Crippen molar-refractivity contribution in [2.24, 2.45) is 5.92 Å². The van der Waals surface area contributed by atoms with Crippen molar-refractivity contribution < 1.29 is 4.74 Å². The largest absolute Gasteiger partial charge is 0.379 e. The summed E-state index contributed by atoms with van der Waals surface area (Å²) in [6, 6.07) is 0. The second-order valence-corrected chi connectivity index (χ2v) is 6.77.